The fourth-order valence-electron chi connectivity index (χ4n) is 2.54. The quantitative estimate of drug-likeness (QED) is 0.852. The highest BCUT2D eigenvalue weighted by Crippen LogP contribution is 2.36. The number of halogens is 3. The SMILES string of the molecule is NC(COc1c(Cl)cc(Cl)cc1Cl)C1CCCCC1. The Morgan fingerprint density at radius 2 is 1.68 bits per heavy atom. The lowest BCUT2D eigenvalue weighted by Gasteiger charge is -2.27. The molecule has 2 nitrogen and oxygen atoms in total. The molecule has 19 heavy (non-hydrogen) atoms. The lowest BCUT2D eigenvalue weighted by atomic mass is 9.84. The summed E-state index contributed by atoms with van der Waals surface area (Å²) in [4.78, 5) is 0. The molecule has 0 bridgehead atoms. The van der Waals surface area contributed by atoms with Crippen molar-refractivity contribution in [2.24, 2.45) is 11.7 Å². The molecule has 1 unspecified atom stereocenters. The van der Waals surface area contributed by atoms with Crippen molar-refractivity contribution in [2.75, 3.05) is 6.61 Å². The molecule has 1 saturated carbocycles. The van der Waals surface area contributed by atoms with Crippen LogP contribution < -0.4 is 10.5 Å². The molecule has 0 aromatic heterocycles. The molecule has 106 valence electrons. The Kier molecular flexibility index (Phi) is 5.64. The van der Waals surface area contributed by atoms with Gasteiger partial charge in [-0.05, 0) is 30.9 Å². The van der Waals surface area contributed by atoms with E-state index in [1.165, 1.54) is 32.1 Å². The zero-order valence-electron chi connectivity index (χ0n) is 10.7. The molecule has 1 fully saturated rings. The molecule has 0 radical (unpaired) electrons. The van der Waals surface area contributed by atoms with Crippen LogP contribution in [0.15, 0.2) is 12.1 Å². The molecule has 1 aromatic carbocycles. The molecular weight excluding hydrogens is 305 g/mol. The predicted molar refractivity (Wildman–Crippen MR) is 81.5 cm³/mol. The highest BCUT2D eigenvalue weighted by atomic mass is 35.5. The van der Waals surface area contributed by atoms with Crippen molar-refractivity contribution in [1.29, 1.82) is 0 Å². The number of ether oxygens (including phenoxy) is 1. The van der Waals surface area contributed by atoms with Crippen LogP contribution in [-0.2, 0) is 0 Å². The van der Waals surface area contributed by atoms with Crippen LogP contribution in [0.4, 0.5) is 0 Å². The summed E-state index contributed by atoms with van der Waals surface area (Å²) < 4.78 is 5.69. The van der Waals surface area contributed by atoms with Gasteiger partial charge in [-0.15, -0.1) is 0 Å². The largest absolute Gasteiger partial charge is 0.489 e. The topological polar surface area (TPSA) is 35.2 Å². The fraction of sp³-hybridized carbons (Fsp3) is 0.571. The normalized spacial score (nSPS) is 18.3. The summed E-state index contributed by atoms with van der Waals surface area (Å²) in [6.07, 6.45) is 6.22. The maximum atomic E-state index is 6.19. The van der Waals surface area contributed by atoms with E-state index in [0.29, 0.717) is 33.3 Å². The smallest absolute Gasteiger partial charge is 0.156 e. The summed E-state index contributed by atoms with van der Waals surface area (Å²) in [5, 5.41) is 1.35. The van der Waals surface area contributed by atoms with Gasteiger partial charge in [-0.25, -0.2) is 0 Å². The van der Waals surface area contributed by atoms with Crippen LogP contribution in [0.3, 0.4) is 0 Å². The monoisotopic (exact) mass is 321 g/mol. The minimum Gasteiger partial charge on any atom is -0.489 e. The summed E-state index contributed by atoms with van der Waals surface area (Å²) in [6, 6.07) is 3.27. The Hall–Kier alpha value is -0.150. The second kappa shape index (κ2) is 7.03. The lowest BCUT2D eigenvalue weighted by Crippen LogP contribution is -2.37. The molecule has 5 heteroatoms. The first-order chi connectivity index (χ1) is 9.08. The van der Waals surface area contributed by atoms with Crippen molar-refractivity contribution < 1.29 is 4.74 Å². The molecule has 0 heterocycles. The van der Waals surface area contributed by atoms with Gasteiger partial charge in [0.05, 0.1) is 10.0 Å². The second-order valence-corrected chi connectivity index (χ2v) is 6.32. The summed E-state index contributed by atoms with van der Waals surface area (Å²) >= 11 is 18.0. The van der Waals surface area contributed by atoms with Gasteiger partial charge in [0.15, 0.2) is 5.75 Å². The molecule has 1 aromatic rings. The Labute approximate surface area is 129 Å². The van der Waals surface area contributed by atoms with Crippen LogP contribution in [0, 0.1) is 5.92 Å². The maximum Gasteiger partial charge on any atom is 0.156 e. The van der Waals surface area contributed by atoms with E-state index in [4.69, 9.17) is 45.3 Å². The molecule has 0 amide bonds. The highest BCUT2D eigenvalue weighted by molar-refractivity contribution is 6.40. The number of rotatable bonds is 4. The molecular formula is C14H18Cl3NO. The van der Waals surface area contributed by atoms with Crippen molar-refractivity contribution in [1.82, 2.24) is 0 Å². The van der Waals surface area contributed by atoms with Gasteiger partial charge >= 0.3 is 0 Å². The van der Waals surface area contributed by atoms with Crippen molar-refractivity contribution in [3.8, 4) is 5.75 Å². The average Bonchev–Trinajstić information content (AvgIpc) is 2.38. The van der Waals surface area contributed by atoms with Crippen LogP contribution in [0.5, 0.6) is 5.75 Å². The van der Waals surface area contributed by atoms with Gasteiger partial charge in [0.25, 0.3) is 0 Å². The zero-order valence-corrected chi connectivity index (χ0v) is 12.9. The van der Waals surface area contributed by atoms with E-state index in [9.17, 15) is 0 Å². The molecule has 1 atom stereocenters. The van der Waals surface area contributed by atoms with E-state index in [2.05, 4.69) is 0 Å². The van der Waals surface area contributed by atoms with Gasteiger partial charge in [0.2, 0.25) is 0 Å². The van der Waals surface area contributed by atoms with Crippen molar-refractivity contribution >= 4 is 34.8 Å². The third kappa shape index (κ3) is 4.16. The first-order valence-electron chi connectivity index (χ1n) is 6.61. The maximum absolute atomic E-state index is 6.19. The summed E-state index contributed by atoms with van der Waals surface area (Å²) in [5.74, 6) is 1.01. The molecule has 0 saturated heterocycles. The van der Waals surface area contributed by atoms with Gasteiger partial charge in [-0.1, -0.05) is 54.1 Å². The van der Waals surface area contributed by atoms with Gasteiger partial charge < -0.3 is 10.5 Å². The Balaban J connectivity index is 1.94. The van der Waals surface area contributed by atoms with Crippen molar-refractivity contribution in [2.45, 2.75) is 38.1 Å². The Morgan fingerprint density at radius 1 is 1.11 bits per heavy atom. The van der Waals surface area contributed by atoms with E-state index < -0.39 is 0 Å². The lowest BCUT2D eigenvalue weighted by molar-refractivity contribution is 0.214. The van der Waals surface area contributed by atoms with Gasteiger partial charge in [-0.3, -0.25) is 0 Å². The first kappa shape index (κ1) is 15.2. The zero-order chi connectivity index (χ0) is 13.8. The Morgan fingerprint density at radius 3 is 2.26 bits per heavy atom. The van der Waals surface area contributed by atoms with Crippen LogP contribution in [-0.4, -0.2) is 12.6 Å². The number of benzene rings is 1. The van der Waals surface area contributed by atoms with Gasteiger partial charge in [-0.2, -0.15) is 0 Å². The van der Waals surface area contributed by atoms with Gasteiger partial charge in [0, 0.05) is 11.1 Å². The standard InChI is InChI=1S/C14H18Cl3NO/c15-10-6-11(16)14(12(17)7-10)19-8-13(18)9-4-2-1-3-5-9/h6-7,9,13H,1-5,8,18H2. The molecule has 1 aliphatic carbocycles. The van der Waals surface area contributed by atoms with Crippen molar-refractivity contribution in [3.05, 3.63) is 27.2 Å². The Bertz CT molecular complexity index is 410. The minimum absolute atomic E-state index is 0.0307. The van der Waals surface area contributed by atoms with Gasteiger partial charge in [0.1, 0.15) is 6.61 Å². The molecule has 2 N–H and O–H groups in total. The second-order valence-electron chi connectivity index (χ2n) is 5.07. The third-order valence-corrected chi connectivity index (χ3v) is 4.42. The summed E-state index contributed by atoms with van der Waals surface area (Å²) in [6.45, 7) is 0.436. The summed E-state index contributed by atoms with van der Waals surface area (Å²) in [7, 11) is 0. The molecule has 0 aliphatic heterocycles. The van der Waals surface area contributed by atoms with Crippen molar-refractivity contribution in [3.63, 3.8) is 0 Å². The first-order valence-corrected chi connectivity index (χ1v) is 7.74. The van der Waals surface area contributed by atoms with E-state index in [-0.39, 0.29) is 6.04 Å². The van der Waals surface area contributed by atoms with E-state index in [1.54, 1.807) is 12.1 Å². The predicted octanol–water partition coefficient (Wildman–Crippen LogP) is 4.93. The highest BCUT2D eigenvalue weighted by Gasteiger charge is 2.21. The molecule has 1 aliphatic rings. The number of hydrogen-bond donors (Lipinski definition) is 1. The van der Waals surface area contributed by atoms with Crippen LogP contribution in [0.1, 0.15) is 32.1 Å². The van der Waals surface area contributed by atoms with Crippen LogP contribution >= 0.6 is 34.8 Å². The average molecular weight is 323 g/mol. The molecule has 2 rings (SSSR count). The van der Waals surface area contributed by atoms with E-state index in [1.807, 2.05) is 0 Å². The van der Waals surface area contributed by atoms with E-state index >= 15 is 0 Å². The molecule has 0 spiro atoms. The van der Waals surface area contributed by atoms with Crippen LogP contribution in [0.2, 0.25) is 15.1 Å². The van der Waals surface area contributed by atoms with E-state index in [0.717, 1.165) is 0 Å². The summed E-state index contributed by atoms with van der Waals surface area (Å²) in [5.41, 5.74) is 6.19. The van der Waals surface area contributed by atoms with Crippen LogP contribution in [0.25, 0.3) is 0 Å². The number of nitrogens with two attached hydrogens (primary N) is 1. The third-order valence-electron chi connectivity index (χ3n) is 3.64. The number of hydrogen-bond acceptors (Lipinski definition) is 2. The minimum atomic E-state index is 0.0307. The fourth-order valence-corrected chi connectivity index (χ4v) is 3.47.